The molecule has 0 radical (unpaired) electrons. The monoisotopic (exact) mass is 313 g/mol. The van der Waals surface area contributed by atoms with E-state index in [9.17, 15) is 9.59 Å². The van der Waals surface area contributed by atoms with Crippen LogP contribution >= 0.6 is 0 Å². The molecular weight excluding hydrogens is 294 g/mol. The third-order valence-corrected chi connectivity index (χ3v) is 4.81. The topological polar surface area (TPSA) is 70.5 Å². The zero-order valence-electron chi connectivity index (χ0n) is 13.2. The number of carbonyl (C=O) groups excluding carboxylic acids is 2. The summed E-state index contributed by atoms with van der Waals surface area (Å²) in [6.07, 6.45) is 0.135. The standard InChI is InChI=1S/C16H19N5O2/c1-10-17-12-5-3-4-6-13(12)21(10)11-8-20(9-11)14-7-15(22)19(2)16(23)18-14/h3-6,11,14H,7-9H2,1-2H3,(H,18,23). The Kier molecular flexibility index (Phi) is 3.12. The van der Waals surface area contributed by atoms with Gasteiger partial charge in [-0.25, -0.2) is 9.78 Å². The van der Waals surface area contributed by atoms with Crippen LogP contribution in [0.5, 0.6) is 0 Å². The van der Waals surface area contributed by atoms with Gasteiger partial charge in [-0.1, -0.05) is 12.1 Å². The summed E-state index contributed by atoms with van der Waals surface area (Å²) in [5.74, 6) is 0.866. The molecule has 2 aliphatic rings. The number of nitrogens with zero attached hydrogens (tertiary/aromatic N) is 4. The fourth-order valence-electron chi connectivity index (χ4n) is 3.46. The maximum atomic E-state index is 11.8. The Morgan fingerprint density at radius 1 is 1.22 bits per heavy atom. The molecule has 1 unspecified atom stereocenters. The fraction of sp³-hybridized carbons (Fsp3) is 0.438. The first-order chi connectivity index (χ1) is 11.0. The predicted octanol–water partition coefficient (Wildman–Crippen LogP) is 1.10. The van der Waals surface area contributed by atoms with E-state index < -0.39 is 0 Å². The number of para-hydroxylation sites is 2. The number of hydrogen-bond acceptors (Lipinski definition) is 4. The second kappa shape index (κ2) is 5.06. The van der Waals surface area contributed by atoms with E-state index in [-0.39, 0.29) is 18.1 Å². The molecule has 7 heteroatoms. The Morgan fingerprint density at radius 2 is 1.96 bits per heavy atom. The van der Waals surface area contributed by atoms with Gasteiger partial charge in [-0.05, 0) is 19.1 Å². The van der Waals surface area contributed by atoms with Crippen LogP contribution in [0.3, 0.4) is 0 Å². The second-order valence-corrected chi connectivity index (χ2v) is 6.25. The number of fused-ring (bicyclic) bond motifs is 1. The molecule has 2 saturated heterocycles. The molecule has 3 heterocycles. The number of urea groups is 1. The van der Waals surface area contributed by atoms with Gasteiger partial charge >= 0.3 is 6.03 Å². The zero-order chi connectivity index (χ0) is 16.1. The summed E-state index contributed by atoms with van der Waals surface area (Å²) in [6.45, 7) is 3.63. The molecule has 0 aliphatic carbocycles. The summed E-state index contributed by atoms with van der Waals surface area (Å²) in [7, 11) is 1.51. The maximum absolute atomic E-state index is 11.8. The molecule has 2 aromatic rings. The van der Waals surface area contributed by atoms with Gasteiger partial charge in [-0.15, -0.1) is 0 Å². The minimum Gasteiger partial charge on any atom is -0.322 e. The lowest BCUT2D eigenvalue weighted by Gasteiger charge is -2.46. The summed E-state index contributed by atoms with van der Waals surface area (Å²) in [5, 5.41) is 2.88. The first-order valence-corrected chi connectivity index (χ1v) is 7.79. The number of likely N-dealkylation sites (tertiary alicyclic amines) is 1. The SMILES string of the molecule is Cc1nc2ccccc2n1C1CN(C2CC(=O)N(C)C(=O)N2)C1. The minimum atomic E-state index is -0.320. The number of aryl methyl sites for hydroxylation is 1. The number of amides is 3. The Morgan fingerprint density at radius 3 is 2.70 bits per heavy atom. The highest BCUT2D eigenvalue weighted by Crippen LogP contribution is 2.30. The normalized spacial score (nSPS) is 23.2. The van der Waals surface area contributed by atoms with E-state index in [2.05, 4.69) is 25.8 Å². The molecule has 23 heavy (non-hydrogen) atoms. The van der Waals surface area contributed by atoms with E-state index in [0.717, 1.165) is 34.8 Å². The first-order valence-electron chi connectivity index (χ1n) is 7.79. The highest BCUT2D eigenvalue weighted by Gasteiger charge is 2.39. The lowest BCUT2D eigenvalue weighted by atomic mass is 10.0. The van der Waals surface area contributed by atoms with Crippen LogP contribution in [0.1, 0.15) is 18.3 Å². The van der Waals surface area contributed by atoms with Gasteiger partial charge in [-0.2, -0.15) is 0 Å². The van der Waals surface area contributed by atoms with Crippen molar-refractivity contribution >= 4 is 23.0 Å². The molecule has 2 fully saturated rings. The van der Waals surface area contributed by atoms with Crippen molar-refractivity contribution in [2.45, 2.75) is 25.6 Å². The molecule has 120 valence electrons. The van der Waals surface area contributed by atoms with E-state index in [0.29, 0.717) is 12.5 Å². The lowest BCUT2D eigenvalue weighted by Crippen LogP contribution is -2.64. The smallest absolute Gasteiger partial charge is 0.322 e. The van der Waals surface area contributed by atoms with Gasteiger partial charge in [0.15, 0.2) is 0 Å². The van der Waals surface area contributed by atoms with Crippen molar-refractivity contribution in [1.29, 1.82) is 0 Å². The highest BCUT2D eigenvalue weighted by molar-refractivity contribution is 5.96. The number of nitrogens with one attached hydrogen (secondary N) is 1. The second-order valence-electron chi connectivity index (χ2n) is 6.25. The number of imide groups is 1. The van der Waals surface area contributed by atoms with Gasteiger partial charge in [0, 0.05) is 20.1 Å². The number of aromatic nitrogens is 2. The molecule has 0 bridgehead atoms. The molecule has 0 spiro atoms. The Bertz CT molecular complexity index is 775. The average Bonchev–Trinajstić information content (AvgIpc) is 2.80. The summed E-state index contributed by atoms with van der Waals surface area (Å²) in [4.78, 5) is 31.5. The van der Waals surface area contributed by atoms with Gasteiger partial charge in [0.05, 0.1) is 29.7 Å². The van der Waals surface area contributed by atoms with Crippen LogP contribution in [-0.2, 0) is 4.79 Å². The Labute approximate surface area is 133 Å². The quantitative estimate of drug-likeness (QED) is 0.901. The Hall–Kier alpha value is -2.41. The van der Waals surface area contributed by atoms with Gasteiger partial charge in [0.2, 0.25) is 5.91 Å². The first kappa shape index (κ1) is 14.2. The number of hydrogen-bond donors (Lipinski definition) is 1. The van der Waals surface area contributed by atoms with Gasteiger partial charge in [0.1, 0.15) is 5.82 Å². The maximum Gasteiger partial charge on any atom is 0.325 e. The zero-order valence-corrected chi connectivity index (χ0v) is 13.2. The van der Waals surface area contributed by atoms with Crippen molar-refractivity contribution in [2.75, 3.05) is 20.1 Å². The molecule has 1 N–H and O–H groups in total. The average molecular weight is 313 g/mol. The van der Waals surface area contributed by atoms with Crippen LogP contribution in [0, 0.1) is 6.92 Å². The van der Waals surface area contributed by atoms with Crippen LogP contribution in [0.4, 0.5) is 4.79 Å². The summed E-state index contributed by atoms with van der Waals surface area (Å²) in [5.41, 5.74) is 2.14. The molecule has 1 atom stereocenters. The van der Waals surface area contributed by atoms with Crippen molar-refractivity contribution in [1.82, 2.24) is 24.7 Å². The van der Waals surface area contributed by atoms with E-state index >= 15 is 0 Å². The minimum absolute atomic E-state index is 0.133. The summed E-state index contributed by atoms with van der Waals surface area (Å²) >= 11 is 0. The van der Waals surface area contributed by atoms with E-state index in [1.54, 1.807) is 0 Å². The van der Waals surface area contributed by atoms with Crippen molar-refractivity contribution in [2.24, 2.45) is 0 Å². The van der Waals surface area contributed by atoms with Crippen molar-refractivity contribution in [3.8, 4) is 0 Å². The van der Waals surface area contributed by atoms with E-state index in [4.69, 9.17) is 0 Å². The van der Waals surface area contributed by atoms with Crippen LogP contribution in [-0.4, -0.2) is 57.6 Å². The number of imidazole rings is 1. The fourth-order valence-corrected chi connectivity index (χ4v) is 3.46. The molecule has 1 aromatic carbocycles. The molecule has 2 aliphatic heterocycles. The molecule has 3 amide bonds. The molecule has 1 aromatic heterocycles. The molecule has 4 rings (SSSR count). The van der Waals surface area contributed by atoms with Crippen LogP contribution in [0.15, 0.2) is 24.3 Å². The van der Waals surface area contributed by atoms with Crippen LogP contribution in [0.2, 0.25) is 0 Å². The molecule has 7 nitrogen and oxygen atoms in total. The van der Waals surface area contributed by atoms with E-state index in [1.807, 2.05) is 25.1 Å². The van der Waals surface area contributed by atoms with Crippen LogP contribution < -0.4 is 5.32 Å². The van der Waals surface area contributed by atoms with E-state index in [1.165, 1.54) is 7.05 Å². The summed E-state index contributed by atoms with van der Waals surface area (Å²) < 4.78 is 2.25. The highest BCUT2D eigenvalue weighted by atomic mass is 16.2. The van der Waals surface area contributed by atoms with Crippen molar-refractivity contribution < 1.29 is 9.59 Å². The van der Waals surface area contributed by atoms with Crippen molar-refractivity contribution in [3.05, 3.63) is 30.1 Å². The summed E-state index contributed by atoms with van der Waals surface area (Å²) in [6, 6.07) is 8.12. The third-order valence-electron chi connectivity index (χ3n) is 4.81. The Balaban J connectivity index is 1.50. The molecule has 0 saturated carbocycles. The predicted molar refractivity (Wildman–Crippen MR) is 84.8 cm³/mol. The number of carbonyl (C=O) groups is 2. The lowest BCUT2D eigenvalue weighted by molar-refractivity contribution is -0.131. The third kappa shape index (κ3) is 2.19. The number of benzene rings is 1. The van der Waals surface area contributed by atoms with Crippen LogP contribution in [0.25, 0.3) is 11.0 Å². The van der Waals surface area contributed by atoms with Gasteiger partial charge < -0.3 is 9.88 Å². The van der Waals surface area contributed by atoms with Gasteiger partial charge in [0.25, 0.3) is 0 Å². The largest absolute Gasteiger partial charge is 0.325 e. The molecular formula is C16H19N5O2. The van der Waals surface area contributed by atoms with Gasteiger partial charge in [-0.3, -0.25) is 14.6 Å². The van der Waals surface area contributed by atoms with Crippen molar-refractivity contribution in [3.63, 3.8) is 0 Å². The number of rotatable bonds is 2.